The van der Waals surface area contributed by atoms with Gasteiger partial charge in [-0.05, 0) is 12.3 Å². The van der Waals surface area contributed by atoms with E-state index in [1.54, 1.807) is 4.90 Å². The van der Waals surface area contributed by atoms with Crippen LogP contribution < -0.4 is 0 Å². The number of nitrogens with zero attached hydrogens (tertiary/aromatic N) is 2. The molecule has 94 valence electrons. The molecule has 1 unspecified atom stereocenters. The first-order valence-electron chi connectivity index (χ1n) is 5.77. The molecule has 0 aromatic rings. The molecule has 0 aromatic carbocycles. The lowest BCUT2D eigenvalue weighted by molar-refractivity contribution is -0.137. The maximum absolute atomic E-state index is 12.0. The first-order valence-corrected chi connectivity index (χ1v) is 5.77. The number of hydrogen-bond acceptors (Lipinski definition) is 2. The first kappa shape index (κ1) is 13.4. The number of urea groups is 1. The van der Waals surface area contributed by atoms with Crippen LogP contribution in [-0.4, -0.2) is 53.1 Å². The number of amides is 2. The molecule has 0 aliphatic carbocycles. The number of carbonyl (C=O) groups is 2. The number of carboxylic acids is 1. The van der Waals surface area contributed by atoms with Gasteiger partial charge < -0.3 is 14.9 Å². The number of aliphatic carboxylic acids is 1. The second kappa shape index (κ2) is 6.14. The van der Waals surface area contributed by atoms with Crippen molar-refractivity contribution in [3.05, 3.63) is 0 Å². The summed E-state index contributed by atoms with van der Waals surface area (Å²) in [6.07, 6.45) is 7.16. The van der Waals surface area contributed by atoms with E-state index in [9.17, 15) is 9.59 Å². The Kier molecular flexibility index (Phi) is 4.83. The molecule has 17 heavy (non-hydrogen) atoms. The lowest BCUT2D eigenvalue weighted by atomic mass is 10.1. The fourth-order valence-corrected chi connectivity index (χ4v) is 2.00. The number of carbonyl (C=O) groups excluding carboxylic acids is 1. The number of carboxylic acid groups (broad SMARTS) is 1. The van der Waals surface area contributed by atoms with E-state index in [-0.39, 0.29) is 19.1 Å². The zero-order chi connectivity index (χ0) is 12.8. The highest BCUT2D eigenvalue weighted by atomic mass is 16.4. The average Bonchev–Trinajstić information content (AvgIpc) is 2.75. The van der Waals surface area contributed by atoms with Crippen molar-refractivity contribution in [2.24, 2.45) is 5.92 Å². The van der Waals surface area contributed by atoms with Gasteiger partial charge in [-0.3, -0.25) is 4.79 Å². The van der Waals surface area contributed by atoms with E-state index in [2.05, 4.69) is 12.8 Å². The van der Waals surface area contributed by atoms with E-state index in [0.717, 1.165) is 12.8 Å². The Morgan fingerprint density at radius 3 is 2.76 bits per heavy atom. The smallest absolute Gasteiger partial charge is 0.323 e. The third kappa shape index (κ3) is 3.66. The molecule has 0 bridgehead atoms. The maximum Gasteiger partial charge on any atom is 0.323 e. The molecule has 1 aliphatic rings. The molecule has 5 nitrogen and oxygen atoms in total. The molecule has 0 aromatic heterocycles. The highest BCUT2D eigenvalue weighted by molar-refractivity contribution is 5.80. The summed E-state index contributed by atoms with van der Waals surface area (Å²) in [5.41, 5.74) is 0. The van der Waals surface area contributed by atoms with Crippen molar-refractivity contribution in [2.45, 2.75) is 19.8 Å². The summed E-state index contributed by atoms with van der Waals surface area (Å²) in [6, 6.07) is -0.263. The fraction of sp³-hybridized carbons (Fsp3) is 0.667. The van der Waals surface area contributed by atoms with Crippen molar-refractivity contribution in [3.63, 3.8) is 0 Å². The van der Waals surface area contributed by atoms with E-state index < -0.39 is 5.97 Å². The molecule has 1 aliphatic heterocycles. The van der Waals surface area contributed by atoms with Gasteiger partial charge in [0.2, 0.25) is 0 Å². The van der Waals surface area contributed by atoms with Crippen LogP contribution in [0.3, 0.4) is 0 Å². The van der Waals surface area contributed by atoms with E-state index >= 15 is 0 Å². The lowest BCUT2D eigenvalue weighted by Crippen LogP contribution is -2.44. The van der Waals surface area contributed by atoms with Gasteiger partial charge in [0.25, 0.3) is 0 Å². The summed E-state index contributed by atoms with van der Waals surface area (Å²) in [5, 5.41) is 8.72. The predicted octanol–water partition coefficient (Wildman–Crippen LogP) is 0.858. The third-order valence-corrected chi connectivity index (χ3v) is 3.01. The monoisotopic (exact) mass is 238 g/mol. The summed E-state index contributed by atoms with van der Waals surface area (Å²) in [7, 11) is 0. The van der Waals surface area contributed by atoms with Gasteiger partial charge in [-0.15, -0.1) is 6.42 Å². The van der Waals surface area contributed by atoms with Crippen LogP contribution in [0.25, 0.3) is 0 Å². The molecule has 0 radical (unpaired) electrons. The minimum atomic E-state index is -1.04. The topological polar surface area (TPSA) is 60.9 Å². The quantitative estimate of drug-likeness (QED) is 0.739. The molecule has 1 rings (SSSR count). The molecule has 2 amide bonds. The lowest BCUT2D eigenvalue weighted by Gasteiger charge is -2.25. The second-order valence-electron chi connectivity index (χ2n) is 4.25. The maximum atomic E-state index is 12.0. The third-order valence-electron chi connectivity index (χ3n) is 3.01. The van der Waals surface area contributed by atoms with Crippen molar-refractivity contribution in [1.82, 2.24) is 9.80 Å². The Hall–Kier alpha value is -1.70. The first-order chi connectivity index (χ1) is 8.08. The molecule has 5 heteroatoms. The van der Waals surface area contributed by atoms with E-state index in [1.165, 1.54) is 4.90 Å². The SMILES string of the molecule is C#CCN(CC(=O)O)C(=O)N1CCC(CC)C1. The standard InChI is InChI=1S/C12H18N2O3/c1-3-6-13(9-11(15)16)12(17)14-7-5-10(4-2)8-14/h1,10H,4-9H2,2H3,(H,15,16). The molecule has 1 fully saturated rings. The summed E-state index contributed by atoms with van der Waals surface area (Å²) in [5.74, 6) is 1.80. The minimum Gasteiger partial charge on any atom is -0.480 e. The summed E-state index contributed by atoms with van der Waals surface area (Å²) in [4.78, 5) is 25.6. The second-order valence-corrected chi connectivity index (χ2v) is 4.25. The van der Waals surface area contributed by atoms with Crippen LogP contribution in [-0.2, 0) is 4.79 Å². The van der Waals surface area contributed by atoms with E-state index in [0.29, 0.717) is 19.0 Å². The van der Waals surface area contributed by atoms with Crippen molar-refractivity contribution >= 4 is 12.0 Å². The molecule has 0 saturated carbocycles. The van der Waals surface area contributed by atoms with Gasteiger partial charge in [0, 0.05) is 13.1 Å². The fourth-order valence-electron chi connectivity index (χ4n) is 2.00. The zero-order valence-corrected chi connectivity index (χ0v) is 10.1. The summed E-state index contributed by atoms with van der Waals surface area (Å²) >= 11 is 0. The van der Waals surface area contributed by atoms with Crippen LogP contribution in [0.15, 0.2) is 0 Å². The van der Waals surface area contributed by atoms with Gasteiger partial charge in [-0.25, -0.2) is 4.79 Å². The van der Waals surface area contributed by atoms with Crippen LogP contribution in [0.2, 0.25) is 0 Å². The highest BCUT2D eigenvalue weighted by Gasteiger charge is 2.28. The Morgan fingerprint density at radius 1 is 1.59 bits per heavy atom. The molecule has 1 N–H and O–H groups in total. The molecule has 1 atom stereocenters. The molecular formula is C12H18N2O3. The van der Waals surface area contributed by atoms with Gasteiger partial charge in [0.05, 0.1) is 6.54 Å². The Balaban J connectivity index is 2.59. The number of terminal acetylenes is 1. The van der Waals surface area contributed by atoms with Gasteiger partial charge in [0.1, 0.15) is 6.54 Å². The van der Waals surface area contributed by atoms with E-state index in [1.807, 2.05) is 0 Å². The summed E-state index contributed by atoms with van der Waals surface area (Å²) < 4.78 is 0. The normalized spacial score (nSPS) is 18.8. The molecule has 1 saturated heterocycles. The number of hydrogen-bond donors (Lipinski definition) is 1. The van der Waals surface area contributed by atoms with Crippen molar-refractivity contribution in [1.29, 1.82) is 0 Å². The van der Waals surface area contributed by atoms with Gasteiger partial charge in [-0.1, -0.05) is 19.3 Å². The molecule has 1 heterocycles. The number of rotatable bonds is 4. The average molecular weight is 238 g/mol. The van der Waals surface area contributed by atoms with Crippen LogP contribution in [0.5, 0.6) is 0 Å². The van der Waals surface area contributed by atoms with Crippen molar-refractivity contribution < 1.29 is 14.7 Å². The Bertz CT molecular complexity index is 335. The van der Waals surface area contributed by atoms with Crippen molar-refractivity contribution in [3.8, 4) is 12.3 Å². The van der Waals surface area contributed by atoms with Crippen LogP contribution >= 0.6 is 0 Å². The van der Waals surface area contributed by atoms with Crippen LogP contribution in [0.4, 0.5) is 4.79 Å². The zero-order valence-electron chi connectivity index (χ0n) is 10.1. The van der Waals surface area contributed by atoms with Crippen LogP contribution in [0, 0.1) is 18.3 Å². The van der Waals surface area contributed by atoms with E-state index in [4.69, 9.17) is 11.5 Å². The molecule has 0 spiro atoms. The Labute approximate surface area is 101 Å². The van der Waals surface area contributed by atoms with Gasteiger partial charge in [0.15, 0.2) is 0 Å². The predicted molar refractivity (Wildman–Crippen MR) is 63.4 cm³/mol. The highest BCUT2D eigenvalue weighted by Crippen LogP contribution is 2.20. The largest absolute Gasteiger partial charge is 0.480 e. The number of likely N-dealkylation sites (tertiary alicyclic amines) is 1. The van der Waals surface area contributed by atoms with Gasteiger partial charge in [-0.2, -0.15) is 0 Å². The molecular weight excluding hydrogens is 220 g/mol. The van der Waals surface area contributed by atoms with Crippen molar-refractivity contribution in [2.75, 3.05) is 26.2 Å². The summed E-state index contributed by atoms with van der Waals surface area (Å²) in [6.45, 7) is 3.19. The minimum absolute atomic E-state index is 0.0401. The van der Waals surface area contributed by atoms with Crippen LogP contribution in [0.1, 0.15) is 19.8 Å². The Morgan fingerprint density at radius 2 is 2.29 bits per heavy atom. The van der Waals surface area contributed by atoms with Gasteiger partial charge >= 0.3 is 12.0 Å².